The first-order valence-corrected chi connectivity index (χ1v) is 2.24. The Balaban J connectivity index is -0.0000000270. The SMILES string of the molecule is O.O.O.O.O=C([O-])[C@H](O)[C@@H](O)C(=O)[O-].[K+].[Na+]. The molecule has 0 rings (SSSR count). The first-order valence-electron chi connectivity index (χ1n) is 2.24. The topological polar surface area (TPSA) is 247 Å². The molecular weight excluding hydrogens is 270 g/mol. The van der Waals surface area contributed by atoms with Gasteiger partial charge in [0, 0.05) is 0 Å². The smallest absolute Gasteiger partial charge is 0.547 e. The van der Waals surface area contributed by atoms with Gasteiger partial charge < -0.3 is 51.9 Å². The molecule has 0 aromatic rings. The Morgan fingerprint density at radius 2 is 0.938 bits per heavy atom. The van der Waals surface area contributed by atoms with Crippen molar-refractivity contribution in [1.82, 2.24) is 0 Å². The van der Waals surface area contributed by atoms with Crippen molar-refractivity contribution in [2.75, 3.05) is 0 Å². The predicted molar refractivity (Wildman–Crippen MR) is 36.5 cm³/mol. The summed E-state index contributed by atoms with van der Waals surface area (Å²) in [4.78, 5) is 19.3. The van der Waals surface area contributed by atoms with Gasteiger partial charge in [-0.1, -0.05) is 0 Å². The number of aliphatic hydroxyl groups excluding tert-OH is 2. The van der Waals surface area contributed by atoms with Crippen molar-refractivity contribution in [2.45, 2.75) is 12.2 Å². The fourth-order valence-electron chi connectivity index (χ4n) is 0.258. The summed E-state index contributed by atoms with van der Waals surface area (Å²) in [6, 6.07) is 0. The number of carbonyl (C=O) groups excluding carboxylic acids is 2. The van der Waals surface area contributed by atoms with Crippen LogP contribution >= 0.6 is 0 Å². The van der Waals surface area contributed by atoms with E-state index in [-0.39, 0.29) is 103 Å². The summed E-state index contributed by atoms with van der Waals surface area (Å²) >= 11 is 0. The van der Waals surface area contributed by atoms with Gasteiger partial charge in [-0.05, 0) is 0 Å². The molecule has 0 radical (unpaired) electrons. The van der Waals surface area contributed by atoms with E-state index < -0.39 is 24.1 Å². The number of rotatable bonds is 3. The largest absolute Gasteiger partial charge is 1.00 e. The minimum absolute atomic E-state index is 0. The van der Waals surface area contributed by atoms with E-state index in [0.29, 0.717) is 0 Å². The van der Waals surface area contributed by atoms with E-state index in [4.69, 9.17) is 10.2 Å². The van der Waals surface area contributed by atoms with Crippen LogP contribution in [-0.4, -0.2) is 56.3 Å². The second-order valence-corrected chi connectivity index (χ2v) is 1.53. The van der Waals surface area contributed by atoms with Crippen LogP contribution in [0.15, 0.2) is 0 Å². The summed E-state index contributed by atoms with van der Waals surface area (Å²) < 4.78 is 0. The molecule has 0 aromatic heterocycles. The third-order valence-corrected chi connectivity index (χ3v) is 0.782. The molecule has 0 amide bonds. The normalized spacial score (nSPS) is 9.88. The summed E-state index contributed by atoms with van der Waals surface area (Å²) in [7, 11) is 0. The standard InChI is InChI=1S/C4H6O6.K.Na.4H2O/c5-1(3(7)8)2(6)4(9)10;;;;;;/h1-2,5-6H,(H,7,8)(H,9,10);;;4*1H2/q;2*+1;;;;/p-2/t1-,2-;;;;;;/m1....../s1. The van der Waals surface area contributed by atoms with Crippen LogP contribution in [0.2, 0.25) is 0 Å². The Bertz CT molecular complexity index is 147. The molecule has 12 heteroatoms. The number of carbonyl (C=O) groups is 2. The molecule has 0 saturated heterocycles. The van der Waals surface area contributed by atoms with Crippen LogP contribution in [0, 0.1) is 0 Å². The van der Waals surface area contributed by atoms with Gasteiger partial charge in [0.1, 0.15) is 12.2 Å². The zero-order valence-electron chi connectivity index (χ0n) is 8.68. The van der Waals surface area contributed by atoms with Gasteiger partial charge in [-0.25, -0.2) is 0 Å². The van der Waals surface area contributed by atoms with Gasteiger partial charge in [0.2, 0.25) is 0 Å². The van der Waals surface area contributed by atoms with E-state index >= 15 is 0 Å². The minimum Gasteiger partial charge on any atom is -0.547 e. The first kappa shape index (κ1) is 43.3. The number of carboxylic acids is 2. The fraction of sp³-hybridized carbons (Fsp3) is 0.500. The van der Waals surface area contributed by atoms with Crippen molar-refractivity contribution in [3.8, 4) is 0 Å². The molecule has 0 unspecified atom stereocenters. The van der Waals surface area contributed by atoms with E-state index in [0.717, 1.165) is 0 Å². The number of aliphatic carboxylic acids is 2. The molecule has 16 heavy (non-hydrogen) atoms. The summed E-state index contributed by atoms with van der Waals surface area (Å²) in [5.74, 6) is -4.12. The van der Waals surface area contributed by atoms with Crippen LogP contribution in [0.25, 0.3) is 0 Å². The van der Waals surface area contributed by atoms with E-state index in [1.54, 1.807) is 0 Å². The second kappa shape index (κ2) is 21.6. The van der Waals surface area contributed by atoms with E-state index in [2.05, 4.69) is 0 Å². The fourth-order valence-corrected chi connectivity index (χ4v) is 0.258. The second-order valence-electron chi connectivity index (χ2n) is 1.53. The maximum absolute atomic E-state index is 9.63. The number of carboxylic acid groups (broad SMARTS) is 2. The molecule has 0 aliphatic heterocycles. The third-order valence-electron chi connectivity index (χ3n) is 0.782. The molecule has 0 bridgehead atoms. The molecule has 2 atom stereocenters. The first-order chi connectivity index (χ1) is 4.46. The van der Waals surface area contributed by atoms with Gasteiger partial charge in [0.05, 0.1) is 11.9 Å². The third kappa shape index (κ3) is 17.7. The Morgan fingerprint density at radius 1 is 0.812 bits per heavy atom. The Hall–Kier alpha value is 1.34. The maximum Gasteiger partial charge on any atom is 1.00 e. The number of hydrogen-bond acceptors (Lipinski definition) is 6. The molecule has 0 saturated carbocycles. The van der Waals surface area contributed by atoms with Crippen LogP contribution < -0.4 is 91.2 Å². The molecule has 10 nitrogen and oxygen atoms in total. The minimum atomic E-state index is -2.44. The van der Waals surface area contributed by atoms with Crippen molar-refractivity contribution in [3.63, 3.8) is 0 Å². The molecule has 0 aliphatic rings. The van der Waals surface area contributed by atoms with Crippen molar-refractivity contribution in [2.24, 2.45) is 0 Å². The van der Waals surface area contributed by atoms with Gasteiger partial charge in [0.25, 0.3) is 0 Å². The van der Waals surface area contributed by atoms with Gasteiger partial charge >= 0.3 is 80.9 Å². The van der Waals surface area contributed by atoms with Crippen LogP contribution in [-0.2, 0) is 9.59 Å². The van der Waals surface area contributed by atoms with Gasteiger partial charge in [-0.15, -0.1) is 0 Å². The summed E-state index contributed by atoms with van der Waals surface area (Å²) in [5.41, 5.74) is 0. The number of hydrogen-bond donors (Lipinski definition) is 2. The summed E-state index contributed by atoms with van der Waals surface area (Å²) in [5, 5.41) is 35.7. The molecule has 0 aromatic carbocycles. The van der Waals surface area contributed by atoms with Crippen molar-refractivity contribution in [3.05, 3.63) is 0 Å². The van der Waals surface area contributed by atoms with Crippen LogP contribution in [0.3, 0.4) is 0 Å². The number of aliphatic hydroxyl groups is 2. The summed E-state index contributed by atoms with van der Waals surface area (Å²) in [6.07, 6.45) is -4.88. The van der Waals surface area contributed by atoms with E-state index in [9.17, 15) is 19.8 Å². The zero-order chi connectivity index (χ0) is 8.31. The monoisotopic (exact) mass is 282 g/mol. The Morgan fingerprint density at radius 3 is 1.00 bits per heavy atom. The average molecular weight is 282 g/mol. The Kier molecular flexibility index (Phi) is 58.5. The van der Waals surface area contributed by atoms with Gasteiger partial charge in [0.15, 0.2) is 0 Å². The van der Waals surface area contributed by atoms with Gasteiger partial charge in [-0.3, -0.25) is 0 Å². The molecule has 0 spiro atoms. The van der Waals surface area contributed by atoms with Crippen molar-refractivity contribution >= 4 is 11.9 Å². The predicted octanol–water partition coefficient (Wildman–Crippen LogP) is -14.1. The van der Waals surface area contributed by atoms with Crippen LogP contribution in [0.4, 0.5) is 0 Å². The van der Waals surface area contributed by atoms with Crippen molar-refractivity contribution < 1.29 is 133 Å². The van der Waals surface area contributed by atoms with E-state index in [1.165, 1.54) is 0 Å². The molecule has 0 heterocycles. The Labute approximate surface area is 155 Å². The van der Waals surface area contributed by atoms with Crippen LogP contribution in [0.5, 0.6) is 0 Å². The van der Waals surface area contributed by atoms with Gasteiger partial charge in [-0.2, -0.15) is 0 Å². The zero-order valence-corrected chi connectivity index (χ0v) is 13.8. The quantitative estimate of drug-likeness (QED) is 0.474. The van der Waals surface area contributed by atoms with E-state index in [1.807, 2.05) is 0 Å². The molecule has 90 valence electrons. The molecule has 0 fully saturated rings. The molecule has 10 N–H and O–H groups in total. The maximum atomic E-state index is 9.63. The van der Waals surface area contributed by atoms with Crippen LogP contribution in [0.1, 0.15) is 0 Å². The molecular formula is C4H12KNaO10. The van der Waals surface area contributed by atoms with Crippen molar-refractivity contribution in [1.29, 1.82) is 0 Å². The molecule has 0 aliphatic carbocycles. The average Bonchev–Trinajstić information content (AvgIpc) is 1.84. The summed E-state index contributed by atoms with van der Waals surface area (Å²) in [6.45, 7) is 0.